The third-order valence-electron chi connectivity index (χ3n) is 5.83. The Morgan fingerprint density at radius 2 is 1.80 bits per heavy atom. The lowest BCUT2D eigenvalue weighted by atomic mass is 9.85. The smallest absolute Gasteiger partial charge is 0.306 e. The summed E-state index contributed by atoms with van der Waals surface area (Å²) in [5, 5.41) is 19.0. The van der Waals surface area contributed by atoms with E-state index in [1.54, 1.807) is 6.92 Å². The lowest BCUT2D eigenvalue weighted by molar-refractivity contribution is -0.141. The van der Waals surface area contributed by atoms with Gasteiger partial charge in [-0.25, -0.2) is 0 Å². The molecule has 0 saturated heterocycles. The average Bonchev–Trinajstić information content (AvgIpc) is 2.92. The van der Waals surface area contributed by atoms with Gasteiger partial charge in [-0.1, -0.05) is 52.4 Å². The third-order valence-corrected chi connectivity index (χ3v) is 5.83. The minimum absolute atomic E-state index is 0.180. The number of aliphatic hydroxyl groups excluding tert-OH is 1. The molecule has 1 saturated carbocycles. The molecular weight excluding hydrogens is 316 g/mol. The fourth-order valence-corrected chi connectivity index (χ4v) is 4.02. The molecule has 4 heteroatoms. The molecule has 0 aromatic rings. The first kappa shape index (κ1) is 22.1. The van der Waals surface area contributed by atoms with E-state index in [0.717, 1.165) is 64.2 Å². The highest BCUT2D eigenvalue weighted by molar-refractivity contribution is 5.83. The Hall–Kier alpha value is -0.900. The molecule has 1 fully saturated rings. The molecule has 2 unspecified atom stereocenters. The molecule has 0 radical (unpaired) electrons. The van der Waals surface area contributed by atoms with Crippen LogP contribution in [0.1, 0.15) is 97.3 Å². The van der Waals surface area contributed by atoms with Crippen molar-refractivity contribution in [1.29, 1.82) is 0 Å². The van der Waals surface area contributed by atoms with Gasteiger partial charge in [-0.3, -0.25) is 9.59 Å². The zero-order valence-corrected chi connectivity index (χ0v) is 16.2. The van der Waals surface area contributed by atoms with Gasteiger partial charge in [-0.05, 0) is 44.4 Å². The summed E-state index contributed by atoms with van der Waals surface area (Å²) >= 11 is 0. The van der Waals surface area contributed by atoms with Gasteiger partial charge in [0.15, 0.2) is 0 Å². The maximum Gasteiger partial charge on any atom is 0.306 e. The average molecular weight is 355 g/mol. The summed E-state index contributed by atoms with van der Waals surface area (Å²) in [4.78, 5) is 23.0. The first-order valence-electron chi connectivity index (χ1n) is 10.4. The maximum absolute atomic E-state index is 12.2. The van der Waals surface area contributed by atoms with Crippen LogP contribution in [0.4, 0.5) is 0 Å². The van der Waals surface area contributed by atoms with E-state index >= 15 is 0 Å². The number of aliphatic carboxylic acids is 1. The van der Waals surface area contributed by atoms with Crippen LogP contribution in [0.5, 0.6) is 0 Å². The lowest BCUT2D eigenvalue weighted by Gasteiger charge is -2.20. The van der Waals surface area contributed by atoms with Gasteiger partial charge in [0.2, 0.25) is 0 Å². The molecule has 0 aromatic heterocycles. The van der Waals surface area contributed by atoms with E-state index in [0.29, 0.717) is 18.1 Å². The molecule has 1 aliphatic rings. The van der Waals surface area contributed by atoms with Crippen LogP contribution in [0.15, 0.2) is 0 Å². The van der Waals surface area contributed by atoms with Crippen LogP contribution in [-0.2, 0) is 9.59 Å². The summed E-state index contributed by atoms with van der Waals surface area (Å²) in [6.07, 6.45) is 12.2. The maximum atomic E-state index is 12.2. The van der Waals surface area contributed by atoms with Gasteiger partial charge in [-0.2, -0.15) is 0 Å². The molecule has 0 spiro atoms. The fraction of sp³-hybridized carbons (Fsp3) is 0.905. The number of hydrogen-bond acceptors (Lipinski definition) is 3. The first-order chi connectivity index (χ1) is 12.0. The van der Waals surface area contributed by atoms with Crippen molar-refractivity contribution in [2.24, 2.45) is 17.8 Å². The monoisotopic (exact) mass is 354 g/mol. The van der Waals surface area contributed by atoms with Crippen LogP contribution in [0.3, 0.4) is 0 Å². The molecule has 4 nitrogen and oxygen atoms in total. The summed E-state index contributed by atoms with van der Waals surface area (Å²) in [7, 11) is 0. The number of hydrogen-bond donors (Lipinski definition) is 2. The van der Waals surface area contributed by atoms with E-state index in [9.17, 15) is 14.7 Å². The van der Waals surface area contributed by atoms with Crippen LogP contribution in [-0.4, -0.2) is 28.1 Å². The largest absolute Gasteiger partial charge is 0.481 e. The molecular formula is C21H38O4. The number of rotatable bonds is 14. The Balaban J connectivity index is 2.22. The molecule has 4 atom stereocenters. The highest BCUT2D eigenvalue weighted by atomic mass is 16.4. The van der Waals surface area contributed by atoms with Gasteiger partial charge in [0.05, 0.1) is 12.0 Å². The van der Waals surface area contributed by atoms with E-state index < -0.39 is 5.97 Å². The van der Waals surface area contributed by atoms with Crippen molar-refractivity contribution in [3.8, 4) is 0 Å². The third kappa shape index (κ3) is 8.84. The van der Waals surface area contributed by atoms with Crippen molar-refractivity contribution in [3.05, 3.63) is 0 Å². The second-order valence-electron chi connectivity index (χ2n) is 7.98. The summed E-state index contributed by atoms with van der Waals surface area (Å²) < 4.78 is 0. The Kier molecular flexibility index (Phi) is 11.0. The van der Waals surface area contributed by atoms with Crippen molar-refractivity contribution in [2.45, 2.75) is 103 Å². The van der Waals surface area contributed by atoms with Gasteiger partial charge in [0.25, 0.3) is 0 Å². The van der Waals surface area contributed by atoms with Crippen molar-refractivity contribution < 1.29 is 19.8 Å². The number of carboxylic acids is 1. The van der Waals surface area contributed by atoms with E-state index in [2.05, 4.69) is 6.92 Å². The lowest BCUT2D eigenvalue weighted by Crippen LogP contribution is -2.17. The zero-order valence-electron chi connectivity index (χ0n) is 16.2. The summed E-state index contributed by atoms with van der Waals surface area (Å²) in [6, 6.07) is 0. The minimum atomic E-state index is -0.719. The normalized spacial score (nSPS) is 22.9. The Morgan fingerprint density at radius 1 is 1.08 bits per heavy atom. The second kappa shape index (κ2) is 12.5. The van der Waals surface area contributed by atoms with Crippen molar-refractivity contribution in [3.63, 3.8) is 0 Å². The number of carboxylic acid groups (broad SMARTS) is 1. The van der Waals surface area contributed by atoms with E-state index in [1.165, 1.54) is 12.8 Å². The SMILES string of the molecule is CCCCCC(O)CC[C@H]1CCC(=O)[C@@H]1CCCCCC(C)C(=O)O. The minimum Gasteiger partial charge on any atom is -0.481 e. The zero-order chi connectivity index (χ0) is 18.7. The number of carbonyl (C=O) groups is 2. The molecule has 25 heavy (non-hydrogen) atoms. The highest BCUT2D eigenvalue weighted by Crippen LogP contribution is 2.36. The molecule has 1 rings (SSSR count). The molecule has 0 bridgehead atoms. The fourth-order valence-electron chi connectivity index (χ4n) is 4.02. The molecule has 0 aromatic carbocycles. The molecule has 2 N–H and O–H groups in total. The van der Waals surface area contributed by atoms with Gasteiger partial charge in [0.1, 0.15) is 5.78 Å². The molecule has 1 aliphatic carbocycles. The van der Waals surface area contributed by atoms with E-state index in [-0.39, 0.29) is 17.9 Å². The van der Waals surface area contributed by atoms with Crippen LogP contribution < -0.4 is 0 Å². The van der Waals surface area contributed by atoms with Crippen LogP contribution >= 0.6 is 0 Å². The van der Waals surface area contributed by atoms with Crippen LogP contribution in [0.25, 0.3) is 0 Å². The Labute approximate surface area is 153 Å². The molecule has 0 amide bonds. The van der Waals surface area contributed by atoms with E-state index in [4.69, 9.17) is 5.11 Å². The number of aliphatic hydroxyl groups is 1. The van der Waals surface area contributed by atoms with Gasteiger partial charge in [0, 0.05) is 12.3 Å². The van der Waals surface area contributed by atoms with E-state index in [1.807, 2.05) is 0 Å². The van der Waals surface area contributed by atoms with Crippen LogP contribution in [0, 0.1) is 17.8 Å². The predicted molar refractivity (Wildman–Crippen MR) is 100 cm³/mol. The summed E-state index contributed by atoms with van der Waals surface area (Å²) in [5.41, 5.74) is 0. The molecule has 0 heterocycles. The first-order valence-corrected chi connectivity index (χ1v) is 10.4. The Bertz CT molecular complexity index is 393. The highest BCUT2D eigenvalue weighted by Gasteiger charge is 2.33. The second-order valence-corrected chi connectivity index (χ2v) is 7.98. The summed E-state index contributed by atoms with van der Waals surface area (Å²) in [5.74, 6) is 0.0500. The number of carbonyl (C=O) groups excluding carboxylic acids is 1. The number of unbranched alkanes of at least 4 members (excludes halogenated alkanes) is 4. The standard InChI is InChI=1S/C21H38O4/c1-3-4-6-10-18(22)14-12-17-13-15-20(23)19(17)11-8-5-7-9-16(2)21(24)25/h16-19,22H,3-15H2,1-2H3,(H,24,25)/t16?,17-,18?,19+/m0/s1. The number of ketones is 1. The van der Waals surface area contributed by atoms with Crippen molar-refractivity contribution in [1.82, 2.24) is 0 Å². The van der Waals surface area contributed by atoms with Crippen molar-refractivity contribution >= 4 is 11.8 Å². The molecule has 146 valence electrons. The van der Waals surface area contributed by atoms with Gasteiger partial charge >= 0.3 is 5.97 Å². The van der Waals surface area contributed by atoms with Crippen molar-refractivity contribution in [2.75, 3.05) is 0 Å². The van der Waals surface area contributed by atoms with Gasteiger partial charge in [-0.15, -0.1) is 0 Å². The topological polar surface area (TPSA) is 74.6 Å². The predicted octanol–water partition coefficient (Wildman–Crippen LogP) is 4.97. The Morgan fingerprint density at radius 3 is 2.48 bits per heavy atom. The quantitative estimate of drug-likeness (QED) is 0.432. The van der Waals surface area contributed by atoms with Gasteiger partial charge < -0.3 is 10.2 Å². The summed E-state index contributed by atoms with van der Waals surface area (Å²) in [6.45, 7) is 3.92. The van der Waals surface area contributed by atoms with Crippen LogP contribution in [0.2, 0.25) is 0 Å². The molecule has 0 aliphatic heterocycles. The number of Topliss-reactive ketones (excluding diaryl/α,β-unsaturated/α-hetero) is 1.